The number of carboxylic acids is 1. The lowest BCUT2D eigenvalue weighted by Crippen LogP contribution is -2.38. The normalized spacial score (nSPS) is 11.9. The molecule has 4 nitrogen and oxygen atoms in total. The van der Waals surface area contributed by atoms with E-state index in [0.717, 1.165) is 0 Å². The van der Waals surface area contributed by atoms with Crippen LogP contribution in [0.2, 0.25) is 10.0 Å². The second-order valence-corrected chi connectivity index (χ2v) is 4.00. The van der Waals surface area contributed by atoms with Crippen LogP contribution >= 0.6 is 23.2 Å². The Balaban J connectivity index is 2.85. The Bertz CT molecular complexity index is 434. The summed E-state index contributed by atoms with van der Waals surface area (Å²) in [5.41, 5.74) is 0.194. The van der Waals surface area contributed by atoms with Crippen LogP contribution in [0.3, 0.4) is 0 Å². The van der Waals surface area contributed by atoms with Gasteiger partial charge < -0.3 is 10.4 Å². The van der Waals surface area contributed by atoms with E-state index in [1.54, 1.807) is 0 Å². The summed E-state index contributed by atoms with van der Waals surface area (Å²) in [5, 5.41) is 11.5. The Morgan fingerprint density at radius 1 is 1.38 bits per heavy atom. The van der Waals surface area contributed by atoms with Crippen molar-refractivity contribution in [1.29, 1.82) is 0 Å². The topological polar surface area (TPSA) is 66.4 Å². The van der Waals surface area contributed by atoms with E-state index in [2.05, 4.69) is 5.32 Å². The molecule has 1 amide bonds. The van der Waals surface area contributed by atoms with Gasteiger partial charge in [0.05, 0.1) is 10.6 Å². The van der Waals surface area contributed by atoms with Crippen LogP contribution in [0.25, 0.3) is 0 Å². The highest BCUT2D eigenvalue weighted by Crippen LogP contribution is 2.20. The number of rotatable bonds is 3. The van der Waals surface area contributed by atoms with Gasteiger partial charge in [0.1, 0.15) is 6.04 Å². The molecule has 6 heteroatoms. The van der Waals surface area contributed by atoms with Gasteiger partial charge in [0.15, 0.2) is 0 Å². The number of halogens is 2. The highest BCUT2D eigenvalue weighted by molar-refractivity contribution is 6.36. The van der Waals surface area contributed by atoms with E-state index in [0.29, 0.717) is 5.02 Å². The first-order valence-electron chi connectivity index (χ1n) is 4.40. The third kappa shape index (κ3) is 3.12. The number of hydrogen-bond acceptors (Lipinski definition) is 2. The molecule has 0 saturated carbocycles. The molecule has 0 aliphatic heterocycles. The number of aliphatic carboxylic acids is 1. The molecule has 1 rings (SSSR count). The summed E-state index contributed by atoms with van der Waals surface area (Å²) < 4.78 is 0. The van der Waals surface area contributed by atoms with Crippen molar-refractivity contribution in [3.63, 3.8) is 0 Å². The number of carbonyl (C=O) groups excluding carboxylic acids is 1. The fourth-order valence-electron chi connectivity index (χ4n) is 1.01. The van der Waals surface area contributed by atoms with Gasteiger partial charge in [-0.25, -0.2) is 0 Å². The largest absolute Gasteiger partial charge is 0.480 e. The first kappa shape index (κ1) is 12.8. The molecule has 86 valence electrons. The molecular weight excluding hydrogens is 253 g/mol. The van der Waals surface area contributed by atoms with E-state index in [1.807, 2.05) is 0 Å². The molecule has 1 atom stereocenters. The molecular formula is C10H9Cl2NO3. The Kier molecular flexibility index (Phi) is 4.15. The van der Waals surface area contributed by atoms with Crippen molar-refractivity contribution >= 4 is 35.1 Å². The van der Waals surface area contributed by atoms with Crippen molar-refractivity contribution in [2.45, 2.75) is 13.0 Å². The number of hydrogen-bond donors (Lipinski definition) is 2. The average Bonchev–Trinajstić information content (AvgIpc) is 2.16. The molecule has 1 aromatic carbocycles. The number of carboxylic acid groups (broad SMARTS) is 1. The van der Waals surface area contributed by atoms with Crippen molar-refractivity contribution in [3.8, 4) is 0 Å². The molecule has 0 saturated heterocycles. The zero-order valence-corrected chi connectivity index (χ0v) is 9.84. The molecule has 0 spiro atoms. The predicted molar refractivity (Wildman–Crippen MR) is 61.0 cm³/mol. The molecule has 1 aromatic rings. The molecule has 0 fully saturated rings. The summed E-state index contributed by atoms with van der Waals surface area (Å²) in [6.45, 7) is 1.37. The van der Waals surface area contributed by atoms with Crippen molar-refractivity contribution in [3.05, 3.63) is 33.8 Å². The van der Waals surface area contributed by atoms with Gasteiger partial charge in [-0.3, -0.25) is 9.59 Å². The average molecular weight is 262 g/mol. The smallest absolute Gasteiger partial charge is 0.325 e. The molecule has 0 unspecified atom stereocenters. The Hall–Kier alpha value is -1.26. The third-order valence-corrected chi connectivity index (χ3v) is 2.44. The Morgan fingerprint density at radius 3 is 2.50 bits per heavy atom. The van der Waals surface area contributed by atoms with E-state index in [-0.39, 0.29) is 10.6 Å². The van der Waals surface area contributed by atoms with Gasteiger partial charge in [0.25, 0.3) is 5.91 Å². The first-order chi connectivity index (χ1) is 7.41. The molecule has 0 aromatic heterocycles. The van der Waals surface area contributed by atoms with Crippen LogP contribution in [0.4, 0.5) is 0 Å². The maximum atomic E-state index is 11.6. The Morgan fingerprint density at radius 2 is 2.00 bits per heavy atom. The van der Waals surface area contributed by atoms with Gasteiger partial charge in [0, 0.05) is 5.02 Å². The number of amides is 1. The summed E-state index contributed by atoms with van der Waals surface area (Å²) in [4.78, 5) is 22.1. The quantitative estimate of drug-likeness (QED) is 0.877. The minimum Gasteiger partial charge on any atom is -0.480 e. The second kappa shape index (κ2) is 5.18. The van der Waals surface area contributed by atoms with Crippen LogP contribution in [0.1, 0.15) is 17.3 Å². The number of carbonyl (C=O) groups is 2. The third-order valence-electron chi connectivity index (χ3n) is 1.89. The van der Waals surface area contributed by atoms with E-state index in [4.69, 9.17) is 28.3 Å². The number of benzene rings is 1. The van der Waals surface area contributed by atoms with Gasteiger partial charge in [-0.15, -0.1) is 0 Å². The molecule has 0 aliphatic rings. The van der Waals surface area contributed by atoms with Gasteiger partial charge in [-0.1, -0.05) is 23.2 Å². The fourth-order valence-corrected chi connectivity index (χ4v) is 1.50. The number of nitrogens with one attached hydrogen (secondary N) is 1. The van der Waals surface area contributed by atoms with Crippen LogP contribution in [-0.4, -0.2) is 23.0 Å². The lowest BCUT2D eigenvalue weighted by molar-refractivity contribution is -0.138. The molecule has 0 radical (unpaired) electrons. The lowest BCUT2D eigenvalue weighted by atomic mass is 10.2. The highest BCUT2D eigenvalue weighted by Gasteiger charge is 2.17. The molecule has 0 heterocycles. The van der Waals surface area contributed by atoms with Gasteiger partial charge >= 0.3 is 5.97 Å². The van der Waals surface area contributed by atoms with E-state index in [9.17, 15) is 9.59 Å². The van der Waals surface area contributed by atoms with Crippen molar-refractivity contribution in [2.75, 3.05) is 0 Å². The summed E-state index contributed by atoms with van der Waals surface area (Å²) in [5.74, 6) is -1.66. The summed E-state index contributed by atoms with van der Waals surface area (Å²) in [6.07, 6.45) is 0. The van der Waals surface area contributed by atoms with E-state index < -0.39 is 17.9 Å². The molecule has 0 bridgehead atoms. The first-order valence-corrected chi connectivity index (χ1v) is 5.16. The monoisotopic (exact) mass is 261 g/mol. The summed E-state index contributed by atoms with van der Waals surface area (Å²) in [7, 11) is 0. The SMILES string of the molecule is C[C@@H](NC(=O)c1ccc(Cl)cc1Cl)C(=O)O. The lowest BCUT2D eigenvalue weighted by Gasteiger charge is -2.10. The second-order valence-electron chi connectivity index (χ2n) is 3.16. The van der Waals surface area contributed by atoms with Crippen LogP contribution in [0.5, 0.6) is 0 Å². The summed E-state index contributed by atoms with van der Waals surface area (Å²) in [6, 6.07) is 3.39. The van der Waals surface area contributed by atoms with Crippen LogP contribution in [-0.2, 0) is 4.79 Å². The maximum Gasteiger partial charge on any atom is 0.325 e. The minimum absolute atomic E-state index is 0.183. The predicted octanol–water partition coefficient (Wildman–Crippen LogP) is 2.20. The van der Waals surface area contributed by atoms with Gasteiger partial charge in [-0.05, 0) is 25.1 Å². The zero-order valence-electron chi connectivity index (χ0n) is 8.33. The van der Waals surface area contributed by atoms with Crippen molar-refractivity contribution in [2.24, 2.45) is 0 Å². The minimum atomic E-state index is -1.11. The molecule has 0 aliphatic carbocycles. The maximum absolute atomic E-state index is 11.6. The van der Waals surface area contributed by atoms with E-state index >= 15 is 0 Å². The van der Waals surface area contributed by atoms with E-state index in [1.165, 1.54) is 25.1 Å². The van der Waals surface area contributed by atoms with Gasteiger partial charge in [0.2, 0.25) is 0 Å². The zero-order chi connectivity index (χ0) is 12.3. The standard InChI is InChI=1S/C10H9Cl2NO3/c1-5(10(15)16)13-9(14)7-3-2-6(11)4-8(7)12/h2-5H,1H3,(H,13,14)(H,15,16)/t5-/m1/s1. The van der Waals surface area contributed by atoms with Crippen LogP contribution in [0.15, 0.2) is 18.2 Å². The highest BCUT2D eigenvalue weighted by atomic mass is 35.5. The van der Waals surface area contributed by atoms with Gasteiger partial charge in [-0.2, -0.15) is 0 Å². The molecule has 16 heavy (non-hydrogen) atoms. The van der Waals surface area contributed by atoms with Crippen LogP contribution < -0.4 is 5.32 Å². The van der Waals surface area contributed by atoms with Crippen molar-refractivity contribution in [1.82, 2.24) is 5.32 Å². The molecule has 2 N–H and O–H groups in total. The van der Waals surface area contributed by atoms with Crippen molar-refractivity contribution < 1.29 is 14.7 Å². The fraction of sp³-hybridized carbons (Fsp3) is 0.200. The van der Waals surface area contributed by atoms with Crippen LogP contribution in [0, 0.1) is 0 Å². The summed E-state index contributed by atoms with van der Waals surface area (Å²) >= 11 is 11.5. The Labute approximate surface area is 102 Å².